The summed E-state index contributed by atoms with van der Waals surface area (Å²) in [7, 11) is 0. The highest BCUT2D eigenvalue weighted by atomic mass is 19.4. The van der Waals surface area contributed by atoms with Crippen molar-refractivity contribution in [3.8, 4) is 0 Å². The van der Waals surface area contributed by atoms with Crippen molar-refractivity contribution < 1.29 is 18.3 Å². The smallest absolute Gasteiger partial charge is 0.392 e. The Morgan fingerprint density at radius 2 is 2.00 bits per heavy atom. The lowest BCUT2D eigenvalue weighted by Crippen LogP contribution is -2.34. The molecule has 1 aliphatic rings. The molecule has 2 nitrogen and oxygen atoms in total. The first-order valence-electron chi connectivity index (χ1n) is 7.01. The van der Waals surface area contributed by atoms with Crippen LogP contribution < -0.4 is 4.90 Å². The number of halogens is 3. The average Bonchev–Trinajstić information content (AvgIpc) is 2.62. The van der Waals surface area contributed by atoms with Gasteiger partial charge in [0.15, 0.2) is 0 Å². The zero-order chi connectivity index (χ0) is 14.8. The van der Waals surface area contributed by atoms with E-state index in [9.17, 15) is 13.2 Å². The summed E-state index contributed by atoms with van der Waals surface area (Å²) in [4.78, 5) is 1.86. The molecule has 0 aliphatic carbocycles. The van der Waals surface area contributed by atoms with Crippen LogP contribution in [0.15, 0.2) is 18.2 Å². The highest BCUT2D eigenvalue weighted by Crippen LogP contribution is 2.39. The van der Waals surface area contributed by atoms with Crippen molar-refractivity contribution in [1.29, 1.82) is 0 Å². The highest BCUT2D eigenvalue weighted by molar-refractivity contribution is 5.57. The number of benzene rings is 1. The second-order valence-electron chi connectivity index (χ2n) is 5.40. The third kappa shape index (κ3) is 3.26. The second kappa shape index (κ2) is 6.04. The summed E-state index contributed by atoms with van der Waals surface area (Å²) in [5.74, 6) is 0. The third-order valence-corrected chi connectivity index (χ3v) is 3.91. The summed E-state index contributed by atoms with van der Waals surface area (Å²) in [6.07, 6.45) is -0.431. The van der Waals surface area contributed by atoms with Gasteiger partial charge in [0, 0.05) is 18.3 Å². The summed E-state index contributed by atoms with van der Waals surface area (Å²) in [5, 5.41) is 9.05. The monoisotopic (exact) mass is 287 g/mol. The fraction of sp³-hybridized carbons (Fsp3) is 0.600. The van der Waals surface area contributed by atoms with E-state index < -0.39 is 11.7 Å². The maximum absolute atomic E-state index is 13.2. The molecule has 20 heavy (non-hydrogen) atoms. The molecule has 1 aromatic carbocycles. The van der Waals surface area contributed by atoms with Crippen molar-refractivity contribution in [2.24, 2.45) is 0 Å². The maximum atomic E-state index is 13.2. The van der Waals surface area contributed by atoms with E-state index >= 15 is 0 Å². The highest BCUT2D eigenvalue weighted by Gasteiger charge is 2.36. The Morgan fingerprint density at radius 1 is 1.25 bits per heavy atom. The summed E-state index contributed by atoms with van der Waals surface area (Å²) < 4.78 is 39.7. The number of hydrogen-bond donors (Lipinski definition) is 1. The van der Waals surface area contributed by atoms with Crippen LogP contribution >= 0.6 is 0 Å². The standard InChI is InChI=1S/C15H20F3NO/c1-11-5-3-2-4-8-19(11)14-7-6-12(10-20)9-13(14)15(16,17)18/h6-7,9,11,20H,2-5,8,10H2,1H3. The normalized spacial score (nSPS) is 20.9. The Bertz CT molecular complexity index is 459. The molecule has 0 aromatic heterocycles. The van der Waals surface area contributed by atoms with Crippen molar-refractivity contribution in [3.63, 3.8) is 0 Å². The van der Waals surface area contributed by atoms with E-state index in [2.05, 4.69) is 0 Å². The molecule has 0 radical (unpaired) electrons. The van der Waals surface area contributed by atoms with Crippen molar-refractivity contribution in [1.82, 2.24) is 0 Å². The van der Waals surface area contributed by atoms with Gasteiger partial charge in [-0.2, -0.15) is 13.2 Å². The van der Waals surface area contributed by atoms with Crippen molar-refractivity contribution in [2.45, 2.75) is 51.4 Å². The Balaban J connectivity index is 2.43. The van der Waals surface area contributed by atoms with Gasteiger partial charge in [0.2, 0.25) is 0 Å². The zero-order valence-corrected chi connectivity index (χ0v) is 11.6. The van der Waals surface area contributed by atoms with Crippen LogP contribution in [0.25, 0.3) is 0 Å². The lowest BCUT2D eigenvalue weighted by Gasteiger charge is -2.32. The van der Waals surface area contributed by atoms with E-state index in [-0.39, 0.29) is 18.3 Å². The molecule has 1 atom stereocenters. The zero-order valence-electron chi connectivity index (χ0n) is 11.6. The molecule has 1 unspecified atom stereocenters. The second-order valence-corrected chi connectivity index (χ2v) is 5.40. The summed E-state index contributed by atoms with van der Waals surface area (Å²) in [6, 6.07) is 4.24. The average molecular weight is 287 g/mol. The Kier molecular flexibility index (Phi) is 4.58. The molecule has 2 rings (SSSR count). The summed E-state index contributed by atoms with van der Waals surface area (Å²) in [6.45, 7) is 2.26. The van der Waals surface area contributed by atoms with E-state index in [0.29, 0.717) is 12.1 Å². The van der Waals surface area contributed by atoms with Gasteiger partial charge in [0.05, 0.1) is 12.2 Å². The first kappa shape index (κ1) is 15.2. The summed E-state index contributed by atoms with van der Waals surface area (Å²) >= 11 is 0. The van der Waals surface area contributed by atoms with E-state index in [1.54, 1.807) is 6.07 Å². The van der Waals surface area contributed by atoms with Crippen LogP contribution in [0.1, 0.15) is 43.7 Å². The number of nitrogens with zero attached hydrogens (tertiary/aromatic N) is 1. The van der Waals surface area contributed by atoms with Crippen molar-refractivity contribution >= 4 is 5.69 Å². The Morgan fingerprint density at radius 3 is 2.65 bits per heavy atom. The first-order chi connectivity index (χ1) is 9.43. The van der Waals surface area contributed by atoms with Crippen LogP contribution in [0, 0.1) is 0 Å². The third-order valence-electron chi connectivity index (χ3n) is 3.91. The molecule has 0 spiro atoms. The minimum Gasteiger partial charge on any atom is -0.392 e. The van der Waals surface area contributed by atoms with Gasteiger partial charge in [-0.1, -0.05) is 18.9 Å². The van der Waals surface area contributed by atoms with Crippen LogP contribution in [0.2, 0.25) is 0 Å². The largest absolute Gasteiger partial charge is 0.418 e. The van der Waals surface area contributed by atoms with Gasteiger partial charge < -0.3 is 10.0 Å². The van der Waals surface area contributed by atoms with Gasteiger partial charge in [-0.05, 0) is 37.5 Å². The minimum absolute atomic E-state index is 0.110. The predicted molar refractivity (Wildman–Crippen MR) is 72.6 cm³/mol. The number of rotatable bonds is 2. The fourth-order valence-electron chi connectivity index (χ4n) is 2.79. The van der Waals surface area contributed by atoms with Gasteiger partial charge in [-0.3, -0.25) is 0 Å². The molecule has 1 heterocycles. The molecule has 1 saturated heterocycles. The van der Waals surface area contributed by atoms with Crippen LogP contribution in [-0.4, -0.2) is 17.7 Å². The number of alkyl halides is 3. The van der Waals surface area contributed by atoms with Crippen LogP contribution in [-0.2, 0) is 12.8 Å². The number of anilines is 1. The lowest BCUT2D eigenvalue weighted by molar-refractivity contribution is -0.137. The maximum Gasteiger partial charge on any atom is 0.418 e. The van der Waals surface area contributed by atoms with Crippen molar-refractivity contribution in [3.05, 3.63) is 29.3 Å². The molecular weight excluding hydrogens is 267 g/mol. The van der Waals surface area contributed by atoms with Gasteiger partial charge in [0.1, 0.15) is 0 Å². The molecule has 1 aromatic rings. The Labute approximate surface area is 117 Å². The van der Waals surface area contributed by atoms with Crippen LogP contribution in [0.4, 0.5) is 18.9 Å². The van der Waals surface area contributed by atoms with Crippen LogP contribution in [0.3, 0.4) is 0 Å². The van der Waals surface area contributed by atoms with Gasteiger partial charge in [-0.15, -0.1) is 0 Å². The van der Waals surface area contributed by atoms with Gasteiger partial charge in [-0.25, -0.2) is 0 Å². The lowest BCUT2D eigenvalue weighted by atomic mass is 10.1. The molecule has 1 fully saturated rings. The molecule has 1 aliphatic heterocycles. The fourth-order valence-corrected chi connectivity index (χ4v) is 2.79. The summed E-state index contributed by atoms with van der Waals surface area (Å²) in [5.41, 5.74) is -0.106. The minimum atomic E-state index is -4.40. The van der Waals surface area contributed by atoms with Gasteiger partial charge >= 0.3 is 6.18 Å². The van der Waals surface area contributed by atoms with E-state index in [1.807, 2.05) is 11.8 Å². The van der Waals surface area contributed by atoms with E-state index in [0.717, 1.165) is 31.7 Å². The topological polar surface area (TPSA) is 23.5 Å². The molecule has 112 valence electrons. The quantitative estimate of drug-likeness (QED) is 0.889. The molecular formula is C15H20F3NO. The molecule has 0 bridgehead atoms. The van der Waals surface area contributed by atoms with Gasteiger partial charge in [0.25, 0.3) is 0 Å². The number of aliphatic hydroxyl groups is 1. The molecule has 5 heteroatoms. The van der Waals surface area contributed by atoms with E-state index in [4.69, 9.17) is 5.11 Å². The van der Waals surface area contributed by atoms with Crippen LogP contribution in [0.5, 0.6) is 0 Å². The first-order valence-corrected chi connectivity index (χ1v) is 7.01. The predicted octanol–water partition coefficient (Wildman–Crippen LogP) is 3.97. The molecule has 0 amide bonds. The molecule has 1 N–H and O–H groups in total. The van der Waals surface area contributed by atoms with Crippen molar-refractivity contribution in [2.75, 3.05) is 11.4 Å². The SMILES string of the molecule is CC1CCCCCN1c1ccc(CO)cc1C(F)(F)F. The molecule has 0 saturated carbocycles. The van der Waals surface area contributed by atoms with E-state index in [1.165, 1.54) is 6.07 Å². The number of aliphatic hydroxyl groups excluding tert-OH is 1. The Hall–Kier alpha value is -1.23. The number of hydrogen-bond acceptors (Lipinski definition) is 2.